The van der Waals surface area contributed by atoms with Crippen LogP contribution in [0.1, 0.15) is 11.1 Å². The van der Waals surface area contributed by atoms with E-state index in [-0.39, 0.29) is 27.2 Å². The highest BCUT2D eigenvalue weighted by molar-refractivity contribution is 9.10. The average Bonchev–Trinajstić information content (AvgIpc) is 2.41. The molecule has 2 aromatic carbocycles. The normalized spacial score (nSPS) is 10.2. The van der Waals surface area contributed by atoms with Gasteiger partial charge in [0.1, 0.15) is 6.07 Å². The fourth-order valence-corrected chi connectivity index (χ4v) is 1.98. The van der Waals surface area contributed by atoms with Gasteiger partial charge in [-0.2, -0.15) is 5.26 Å². The first kappa shape index (κ1) is 14.3. The Morgan fingerprint density at radius 2 is 1.95 bits per heavy atom. The van der Waals surface area contributed by atoms with Gasteiger partial charge >= 0.3 is 0 Å². The minimum absolute atomic E-state index is 0.0231. The first-order chi connectivity index (χ1) is 9.43. The van der Waals surface area contributed by atoms with Crippen LogP contribution in [0.4, 0.5) is 14.5 Å². The van der Waals surface area contributed by atoms with Gasteiger partial charge in [0, 0.05) is 11.8 Å². The summed E-state index contributed by atoms with van der Waals surface area (Å²) in [6, 6.07) is 6.97. The van der Waals surface area contributed by atoms with Crippen molar-refractivity contribution in [1.82, 2.24) is 0 Å². The van der Waals surface area contributed by atoms with E-state index >= 15 is 0 Å². The molecule has 0 amide bonds. The number of benzene rings is 2. The molecule has 2 rings (SSSR count). The minimum atomic E-state index is -0.766. The lowest BCUT2D eigenvalue weighted by Gasteiger charge is -2.11. The van der Waals surface area contributed by atoms with Crippen molar-refractivity contribution in [1.29, 1.82) is 5.26 Å². The zero-order valence-electron chi connectivity index (χ0n) is 10.4. The number of hydrogen-bond acceptors (Lipinski definition) is 3. The highest BCUT2D eigenvalue weighted by Crippen LogP contribution is 2.33. The number of aryl methyl sites for hydroxylation is 1. The Morgan fingerprint density at radius 3 is 2.60 bits per heavy atom. The summed E-state index contributed by atoms with van der Waals surface area (Å²) in [5.74, 6) is -1.77. The number of nitriles is 1. The predicted octanol–water partition coefficient (Wildman–Crippen LogP) is 4.28. The molecular weight excluding hydrogens is 330 g/mol. The van der Waals surface area contributed by atoms with Crippen molar-refractivity contribution >= 4 is 21.6 Å². The summed E-state index contributed by atoms with van der Waals surface area (Å²) in [5.41, 5.74) is 6.60. The molecule has 102 valence electrons. The number of nitrogens with zero attached hydrogens (tertiary/aromatic N) is 1. The van der Waals surface area contributed by atoms with Crippen molar-refractivity contribution in [3.05, 3.63) is 51.5 Å². The molecule has 6 heteroatoms. The molecule has 0 fully saturated rings. The topological polar surface area (TPSA) is 59.0 Å². The zero-order chi connectivity index (χ0) is 14.9. The average molecular weight is 339 g/mol. The number of ether oxygens (including phenoxy) is 1. The molecule has 2 N–H and O–H groups in total. The van der Waals surface area contributed by atoms with Crippen LogP contribution in [-0.2, 0) is 0 Å². The smallest absolute Gasteiger partial charge is 0.181 e. The third kappa shape index (κ3) is 2.58. The van der Waals surface area contributed by atoms with Gasteiger partial charge in [0.05, 0.1) is 10.0 Å². The molecule has 0 bridgehead atoms. The van der Waals surface area contributed by atoms with Crippen molar-refractivity contribution in [2.75, 3.05) is 5.73 Å². The van der Waals surface area contributed by atoms with E-state index in [0.717, 1.165) is 6.07 Å². The lowest BCUT2D eigenvalue weighted by Crippen LogP contribution is -1.97. The molecule has 3 nitrogen and oxygen atoms in total. The maximum absolute atomic E-state index is 14.0. The predicted molar refractivity (Wildman–Crippen MR) is 74.4 cm³/mol. The number of hydrogen-bond donors (Lipinski definition) is 1. The Labute approximate surface area is 122 Å². The maximum Gasteiger partial charge on any atom is 0.181 e. The summed E-state index contributed by atoms with van der Waals surface area (Å²) in [6.45, 7) is 1.69. The van der Waals surface area contributed by atoms with Gasteiger partial charge in [0.25, 0.3) is 0 Å². The lowest BCUT2D eigenvalue weighted by molar-refractivity contribution is 0.413. The van der Waals surface area contributed by atoms with Crippen LogP contribution in [0.25, 0.3) is 0 Å². The molecule has 0 saturated carbocycles. The summed E-state index contributed by atoms with van der Waals surface area (Å²) < 4.78 is 32.9. The number of rotatable bonds is 2. The van der Waals surface area contributed by atoms with Crippen LogP contribution < -0.4 is 10.5 Å². The third-order valence-electron chi connectivity index (χ3n) is 2.71. The molecule has 0 aliphatic carbocycles. The molecular formula is C14H9BrF2N2O. The second kappa shape index (κ2) is 5.47. The van der Waals surface area contributed by atoms with E-state index in [4.69, 9.17) is 15.7 Å². The molecule has 0 spiro atoms. The molecule has 0 aliphatic heterocycles. The van der Waals surface area contributed by atoms with E-state index < -0.39 is 11.6 Å². The minimum Gasteiger partial charge on any atom is -0.451 e. The zero-order valence-corrected chi connectivity index (χ0v) is 12.0. The highest BCUT2D eigenvalue weighted by atomic mass is 79.9. The Kier molecular flexibility index (Phi) is 3.91. The largest absolute Gasteiger partial charge is 0.451 e. The molecule has 0 unspecified atom stereocenters. The van der Waals surface area contributed by atoms with E-state index in [9.17, 15) is 8.78 Å². The second-order valence-electron chi connectivity index (χ2n) is 4.09. The molecule has 0 radical (unpaired) electrons. The molecule has 2 aromatic rings. The van der Waals surface area contributed by atoms with E-state index in [1.807, 2.05) is 6.07 Å². The van der Waals surface area contributed by atoms with Crippen molar-refractivity contribution in [3.8, 4) is 17.6 Å². The Bertz CT molecular complexity index is 726. The number of nitrogen functional groups attached to an aromatic ring is 1. The standard InChI is InChI=1S/C14H9BrF2N2O/c1-7-4-12(9(16)5-10(7)19)20-11-3-2-8(6-18)13(15)14(11)17/h2-5H,19H2,1H3. The fourth-order valence-electron chi connectivity index (χ4n) is 1.56. The highest BCUT2D eigenvalue weighted by Gasteiger charge is 2.15. The monoisotopic (exact) mass is 338 g/mol. The van der Waals surface area contributed by atoms with Gasteiger partial charge in [-0.25, -0.2) is 8.78 Å². The SMILES string of the molecule is Cc1cc(Oc2ccc(C#N)c(Br)c2F)c(F)cc1N. The Balaban J connectivity index is 2.44. The summed E-state index contributed by atoms with van der Waals surface area (Å²) in [5, 5.41) is 8.77. The van der Waals surface area contributed by atoms with Gasteiger partial charge in [0.15, 0.2) is 23.1 Å². The van der Waals surface area contributed by atoms with Crippen LogP contribution in [0, 0.1) is 29.9 Å². The molecule has 0 heterocycles. The van der Waals surface area contributed by atoms with Crippen LogP contribution >= 0.6 is 15.9 Å². The number of halogens is 3. The molecule has 0 atom stereocenters. The summed E-state index contributed by atoms with van der Waals surface area (Å²) in [4.78, 5) is 0. The molecule has 20 heavy (non-hydrogen) atoms. The van der Waals surface area contributed by atoms with E-state index in [1.165, 1.54) is 18.2 Å². The van der Waals surface area contributed by atoms with Crippen molar-refractivity contribution in [2.45, 2.75) is 6.92 Å². The molecule has 0 aliphatic rings. The van der Waals surface area contributed by atoms with Gasteiger partial charge < -0.3 is 10.5 Å². The van der Waals surface area contributed by atoms with Gasteiger partial charge in [-0.1, -0.05) is 0 Å². The van der Waals surface area contributed by atoms with E-state index in [2.05, 4.69) is 15.9 Å². The number of anilines is 1. The summed E-state index contributed by atoms with van der Waals surface area (Å²) in [7, 11) is 0. The number of nitrogens with two attached hydrogens (primary N) is 1. The van der Waals surface area contributed by atoms with Crippen LogP contribution in [0.3, 0.4) is 0 Å². The maximum atomic E-state index is 14.0. The van der Waals surface area contributed by atoms with Crippen LogP contribution in [0.15, 0.2) is 28.7 Å². The van der Waals surface area contributed by atoms with Crippen molar-refractivity contribution in [3.63, 3.8) is 0 Å². The summed E-state index contributed by atoms with van der Waals surface area (Å²) in [6.07, 6.45) is 0. The van der Waals surface area contributed by atoms with Crippen LogP contribution in [-0.4, -0.2) is 0 Å². The van der Waals surface area contributed by atoms with Crippen molar-refractivity contribution < 1.29 is 13.5 Å². The van der Waals surface area contributed by atoms with Gasteiger partial charge in [0.2, 0.25) is 0 Å². The molecule has 0 aromatic heterocycles. The Hall–Kier alpha value is -2.13. The summed E-state index contributed by atoms with van der Waals surface area (Å²) >= 11 is 2.96. The first-order valence-corrected chi connectivity index (χ1v) is 6.35. The second-order valence-corrected chi connectivity index (χ2v) is 4.89. The fraction of sp³-hybridized carbons (Fsp3) is 0.0714. The van der Waals surface area contributed by atoms with Crippen LogP contribution in [0.2, 0.25) is 0 Å². The Morgan fingerprint density at radius 1 is 1.25 bits per heavy atom. The lowest BCUT2D eigenvalue weighted by atomic mass is 10.2. The van der Waals surface area contributed by atoms with Gasteiger partial charge in [-0.05, 0) is 46.6 Å². The first-order valence-electron chi connectivity index (χ1n) is 5.55. The molecule has 0 saturated heterocycles. The quantitative estimate of drug-likeness (QED) is 0.831. The van der Waals surface area contributed by atoms with Gasteiger partial charge in [-0.15, -0.1) is 0 Å². The van der Waals surface area contributed by atoms with E-state index in [1.54, 1.807) is 6.92 Å². The van der Waals surface area contributed by atoms with Gasteiger partial charge in [-0.3, -0.25) is 0 Å². The van der Waals surface area contributed by atoms with E-state index in [0.29, 0.717) is 5.56 Å². The third-order valence-corrected chi connectivity index (χ3v) is 3.48. The van der Waals surface area contributed by atoms with Crippen molar-refractivity contribution in [2.24, 2.45) is 0 Å². The van der Waals surface area contributed by atoms with Crippen LogP contribution in [0.5, 0.6) is 11.5 Å².